The summed E-state index contributed by atoms with van der Waals surface area (Å²) in [6, 6.07) is 88.0. The Morgan fingerprint density at radius 3 is 1.17 bits per heavy atom. The summed E-state index contributed by atoms with van der Waals surface area (Å²) in [6.45, 7) is 4.89. The molecule has 0 aliphatic heterocycles. The van der Waals surface area contributed by atoms with E-state index >= 15 is 0 Å². The molecule has 13 rings (SSSR count). The molecule has 0 amide bonds. The van der Waals surface area contributed by atoms with Crippen molar-refractivity contribution in [3.05, 3.63) is 270 Å². The second kappa shape index (κ2) is 14.3. The van der Waals surface area contributed by atoms with Gasteiger partial charge in [0.25, 0.3) is 0 Å². The molecular weight excluding hydrogens is 783 g/mol. The van der Waals surface area contributed by atoms with E-state index in [1.54, 1.807) is 0 Å². The largest absolute Gasteiger partial charge is 0.310 e. The third-order valence-electron chi connectivity index (χ3n) is 14.7. The van der Waals surface area contributed by atoms with Gasteiger partial charge in [0.2, 0.25) is 0 Å². The van der Waals surface area contributed by atoms with Crippen LogP contribution in [0, 0.1) is 0 Å². The lowest BCUT2D eigenvalue weighted by atomic mass is 9.69. The van der Waals surface area contributed by atoms with E-state index in [2.05, 4.69) is 255 Å². The first-order chi connectivity index (χ1) is 32.0. The molecule has 0 bridgehead atoms. The molecule has 3 aliphatic rings. The van der Waals surface area contributed by atoms with Gasteiger partial charge in [0.1, 0.15) is 0 Å². The molecule has 0 atom stereocenters. The first-order valence-electron chi connectivity index (χ1n) is 22.8. The van der Waals surface area contributed by atoms with Crippen LogP contribution >= 0.6 is 0 Å². The Bertz CT molecular complexity index is 3340. The summed E-state index contributed by atoms with van der Waals surface area (Å²) < 4.78 is 0. The third kappa shape index (κ3) is 5.39. The molecule has 65 heavy (non-hydrogen) atoms. The number of hydrogen-bond donors (Lipinski definition) is 0. The molecule has 1 spiro atoms. The van der Waals surface area contributed by atoms with Crippen molar-refractivity contribution in [3.8, 4) is 66.8 Å². The highest BCUT2D eigenvalue weighted by molar-refractivity contribution is 6.07. The molecule has 1 heteroatoms. The first-order valence-corrected chi connectivity index (χ1v) is 22.8. The number of benzene rings is 10. The lowest BCUT2D eigenvalue weighted by molar-refractivity contribution is 0.657. The Hall–Kier alpha value is -8.00. The summed E-state index contributed by atoms with van der Waals surface area (Å²) >= 11 is 0. The quantitative estimate of drug-likeness (QED) is 0.161. The molecule has 0 fully saturated rings. The van der Waals surface area contributed by atoms with E-state index in [9.17, 15) is 0 Å². The molecule has 0 radical (unpaired) electrons. The molecule has 0 unspecified atom stereocenters. The van der Waals surface area contributed by atoms with Gasteiger partial charge in [-0.25, -0.2) is 0 Å². The highest BCUT2D eigenvalue weighted by Gasteiger charge is 2.54. The molecule has 0 saturated heterocycles. The Morgan fingerprint density at radius 2 is 0.646 bits per heavy atom. The fraction of sp³-hybridized carbons (Fsp3) is 0.0625. The summed E-state index contributed by atoms with van der Waals surface area (Å²) in [5, 5.41) is 0. The second-order valence-corrected chi connectivity index (χ2v) is 18.4. The fourth-order valence-electron chi connectivity index (χ4n) is 11.8. The monoisotopic (exact) mass is 827 g/mol. The third-order valence-corrected chi connectivity index (χ3v) is 14.7. The van der Waals surface area contributed by atoms with Crippen LogP contribution in [0.1, 0.15) is 47.2 Å². The molecular formula is C64H45N. The highest BCUT2D eigenvalue weighted by atomic mass is 15.1. The fourth-order valence-corrected chi connectivity index (χ4v) is 11.8. The zero-order valence-corrected chi connectivity index (χ0v) is 36.5. The van der Waals surface area contributed by atoms with Gasteiger partial charge >= 0.3 is 0 Å². The smallest absolute Gasteiger partial charge is 0.0725 e. The van der Waals surface area contributed by atoms with Crippen molar-refractivity contribution in [1.29, 1.82) is 0 Å². The van der Waals surface area contributed by atoms with E-state index in [0.717, 1.165) is 17.1 Å². The number of anilines is 3. The second-order valence-electron chi connectivity index (χ2n) is 18.4. The van der Waals surface area contributed by atoms with Gasteiger partial charge in [-0.05, 0) is 137 Å². The highest BCUT2D eigenvalue weighted by Crippen LogP contribution is 2.67. The Labute approximate surface area is 381 Å². The van der Waals surface area contributed by atoms with Crippen molar-refractivity contribution < 1.29 is 0 Å². The van der Waals surface area contributed by atoms with Gasteiger partial charge in [0.05, 0.1) is 5.41 Å². The van der Waals surface area contributed by atoms with Gasteiger partial charge in [-0.1, -0.05) is 214 Å². The summed E-state index contributed by atoms with van der Waals surface area (Å²) in [5.74, 6) is 0. The van der Waals surface area contributed by atoms with Crippen LogP contribution in [0.15, 0.2) is 237 Å². The molecule has 10 aromatic carbocycles. The average molecular weight is 828 g/mol. The van der Waals surface area contributed by atoms with E-state index in [1.807, 2.05) is 0 Å². The zero-order chi connectivity index (χ0) is 43.3. The van der Waals surface area contributed by atoms with Gasteiger partial charge in [-0.3, -0.25) is 0 Å². The molecule has 0 saturated carbocycles. The summed E-state index contributed by atoms with van der Waals surface area (Å²) in [7, 11) is 0. The van der Waals surface area contributed by atoms with Crippen molar-refractivity contribution in [2.45, 2.75) is 24.7 Å². The van der Waals surface area contributed by atoms with Crippen molar-refractivity contribution in [1.82, 2.24) is 0 Å². The van der Waals surface area contributed by atoms with E-state index in [-0.39, 0.29) is 5.41 Å². The lowest BCUT2D eigenvalue weighted by Gasteiger charge is -2.32. The Kier molecular flexibility index (Phi) is 8.24. The minimum Gasteiger partial charge on any atom is -0.310 e. The van der Waals surface area contributed by atoms with Gasteiger partial charge < -0.3 is 4.90 Å². The topological polar surface area (TPSA) is 3.24 Å². The van der Waals surface area contributed by atoms with Gasteiger partial charge in [-0.15, -0.1) is 0 Å². The molecule has 0 aromatic heterocycles. The predicted molar refractivity (Wildman–Crippen MR) is 271 cm³/mol. The van der Waals surface area contributed by atoms with Gasteiger partial charge in [0, 0.05) is 22.5 Å². The predicted octanol–water partition coefficient (Wildman–Crippen LogP) is 16.8. The number of rotatable bonds is 6. The first kappa shape index (κ1) is 37.5. The number of fused-ring (bicyclic) bond motifs is 13. The minimum atomic E-state index is -0.442. The zero-order valence-electron chi connectivity index (χ0n) is 36.5. The molecule has 3 aliphatic carbocycles. The molecule has 0 heterocycles. The van der Waals surface area contributed by atoms with Crippen LogP contribution in [-0.2, 0) is 10.8 Å². The van der Waals surface area contributed by atoms with Crippen molar-refractivity contribution in [3.63, 3.8) is 0 Å². The van der Waals surface area contributed by atoms with E-state index < -0.39 is 5.41 Å². The average Bonchev–Trinajstić information content (AvgIpc) is 3.93. The van der Waals surface area contributed by atoms with Gasteiger partial charge in [-0.2, -0.15) is 0 Å². The normalized spacial score (nSPS) is 13.9. The van der Waals surface area contributed by atoms with Crippen LogP contribution in [0.4, 0.5) is 17.1 Å². The molecule has 10 aromatic rings. The van der Waals surface area contributed by atoms with E-state index in [1.165, 1.54) is 100 Å². The van der Waals surface area contributed by atoms with Crippen molar-refractivity contribution in [2.24, 2.45) is 0 Å². The molecule has 0 N–H and O–H groups in total. The molecule has 1 nitrogen and oxygen atoms in total. The van der Waals surface area contributed by atoms with Crippen LogP contribution < -0.4 is 4.90 Å². The van der Waals surface area contributed by atoms with Crippen LogP contribution in [0.2, 0.25) is 0 Å². The summed E-state index contributed by atoms with van der Waals surface area (Å²) in [5.41, 5.74) is 26.2. The van der Waals surface area contributed by atoms with Gasteiger partial charge in [0.15, 0.2) is 0 Å². The van der Waals surface area contributed by atoms with Crippen molar-refractivity contribution in [2.75, 3.05) is 4.90 Å². The SMILES string of the molecule is CC1(C)c2cc(N(c3ccc(-c4ccccc4)cc3)c3ccc(-c4ccccc4)cc3)ccc2-c2c1cc1c(c2-c2ccccc2)-c2ccccc2C12c1ccccc1-c1ccccc12. The van der Waals surface area contributed by atoms with Crippen LogP contribution in [-0.4, -0.2) is 0 Å². The Balaban J connectivity index is 1.04. The number of nitrogens with zero attached hydrogens (tertiary/aromatic N) is 1. The van der Waals surface area contributed by atoms with Crippen LogP contribution in [0.5, 0.6) is 0 Å². The Morgan fingerprint density at radius 1 is 0.262 bits per heavy atom. The number of hydrogen-bond acceptors (Lipinski definition) is 1. The molecule has 306 valence electrons. The minimum absolute atomic E-state index is 0.313. The van der Waals surface area contributed by atoms with E-state index in [0.29, 0.717) is 0 Å². The maximum Gasteiger partial charge on any atom is 0.0725 e. The van der Waals surface area contributed by atoms with Crippen LogP contribution in [0.25, 0.3) is 66.8 Å². The maximum absolute atomic E-state index is 2.62. The van der Waals surface area contributed by atoms with E-state index in [4.69, 9.17) is 0 Å². The lowest BCUT2D eigenvalue weighted by Crippen LogP contribution is -2.26. The summed E-state index contributed by atoms with van der Waals surface area (Å²) in [6.07, 6.45) is 0. The maximum atomic E-state index is 2.62. The standard InChI is InChI=1S/C64H45N/c1-63(2)57-40-49(65(47-34-30-44(31-35-47)42-18-6-3-7-19-42)48-36-32-45(33-37-48)43-20-8-4-9-21-43)38-39-53(57)61-58(63)41-59-62(60(61)46-22-10-5-11-23-46)52-26-14-17-29-56(52)64(59)54-27-15-12-24-50(54)51-25-13-16-28-55(51)64/h3-41H,1-2H3. The van der Waals surface area contributed by atoms with Crippen LogP contribution in [0.3, 0.4) is 0 Å². The van der Waals surface area contributed by atoms with Crippen molar-refractivity contribution >= 4 is 17.1 Å². The summed E-state index contributed by atoms with van der Waals surface area (Å²) in [4.78, 5) is 2.43.